The van der Waals surface area contributed by atoms with E-state index in [1.807, 2.05) is 39.0 Å². The third kappa shape index (κ3) is 3.31. The average molecular weight is 269 g/mol. The summed E-state index contributed by atoms with van der Waals surface area (Å²) in [5.74, 6) is 0.0190. The van der Waals surface area contributed by atoms with Crippen LogP contribution in [-0.4, -0.2) is 27.2 Å². The minimum Gasteiger partial charge on any atom is -0.377 e. The maximum atomic E-state index is 12.1. The number of aryl methyl sites for hydroxylation is 2. The number of sulfonamides is 1. The van der Waals surface area contributed by atoms with E-state index in [1.54, 1.807) is 0 Å². The van der Waals surface area contributed by atoms with Crippen molar-refractivity contribution in [3.63, 3.8) is 0 Å². The molecule has 1 fully saturated rings. The van der Waals surface area contributed by atoms with Crippen LogP contribution in [0.25, 0.3) is 0 Å². The van der Waals surface area contributed by atoms with Crippen molar-refractivity contribution in [2.75, 3.05) is 13.2 Å². The van der Waals surface area contributed by atoms with Crippen molar-refractivity contribution >= 4 is 10.0 Å². The van der Waals surface area contributed by atoms with Crippen molar-refractivity contribution in [2.45, 2.75) is 32.1 Å². The van der Waals surface area contributed by atoms with Crippen LogP contribution in [0.2, 0.25) is 0 Å². The second-order valence-electron chi connectivity index (χ2n) is 5.41. The van der Waals surface area contributed by atoms with E-state index in [1.165, 1.54) is 0 Å². The summed E-state index contributed by atoms with van der Waals surface area (Å²) < 4.78 is 31.9. The number of hydrogen-bond donors (Lipinski definition) is 1. The van der Waals surface area contributed by atoms with Crippen LogP contribution in [0.15, 0.2) is 18.2 Å². The fourth-order valence-corrected chi connectivity index (χ4v) is 3.80. The molecule has 0 amide bonds. The molecule has 1 aliphatic heterocycles. The lowest BCUT2D eigenvalue weighted by atomic mass is 10.0. The first-order valence-electron chi connectivity index (χ1n) is 5.95. The summed E-state index contributed by atoms with van der Waals surface area (Å²) in [5.41, 5.74) is 2.55. The first-order chi connectivity index (χ1) is 8.28. The zero-order valence-corrected chi connectivity index (χ0v) is 11.8. The van der Waals surface area contributed by atoms with Gasteiger partial charge in [0.25, 0.3) is 0 Å². The van der Waals surface area contributed by atoms with Gasteiger partial charge in [0.1, 0.15) is 0 Å². The molecule has 1 aliphatic rings. The fourth-order valence-electron chi connectivity index (χ4n) is 2.25. The lowest BCUT2D eigenvalue weighted by Crippen LogP contribution is -2.59. The summed E-state index contributed by atoms with van der Waals surface area (Å²) in [6.07, 6.45) is 0. The molecular formula is C13H19NO3S. The number of rotatable bonds is 4. The van der Waals surface area contributed by atoms with Gasteiger partial charge in [-0.15, -0.1) is 0 Å². The van der Waals surface area contributed by atoms with Crippen LogP contribution in [0.4, 0.5) is 0 Å². The van der Waals surface area contributed by atoms with Crippen molar-refractivity contribution in [2.24, 2.45) is 0 Å². The maximum Gasteiger partial charge on any atom is 0.216 e. The first-order valence-corrected chi connectivity index (χ1v) is 7.60. The van der Waals surface area contributed by atoms with E-state index in [0.29, 0.717) is 13.2 Å². The first kappa shape index (κ1) is 13.5. The van der Waals surface area contributed by atoms with Gasteiger partial charge in [-0.25, -0.2) is 13.1 Å². The Labute approximate surface area is 108 Å². The highest BCUT2D eigenvalue weighted by Gasteiger charge is 2.37. The molecule has 1 saturated heterocycles. The average Bonchev–Trinajstić information content (AvgIpc) is 2.11. The van der Waals surface area contributed by atoms with Gasteiger partial charge in [-0.3, -0.25) is 0 Å². The van der Waals surface area contributed by atoms with Crippen LogP contribution < -0.4 is 4.72 Å². The molecule has 0 saturated carbocycles. The molecular weight excluding hydrogens is 250 g/mol. The number of benzene rings is 1. The van der Waals surface area contributed by atoms with Crippen molar-refractivity contribution in [3.05, 3.63) is 34.9 Å². The molecule has 0 atom stereocenters. The van der Waals surface area contributed by atoms with Crippen molar-refractivity contribution in [3.8, 4) is 0 Å². The molecule has 1 aromatic carbocycles. The largest absolute Gasteiger partial charge is 0.377 e. The van der Waals surface area contributed by atoms with Gasteiger partial charge in [0.2, 0.25) is 10.0 Å². The minimum absolute atomic E-state index is 0.0190. The summed E-state index contributed by atoms with van der Waals surface area (Å²) in [4.78, 5) is 0. The summed E-state index contributed by atoms with van der Waals surface area (Å²) in [6.45, 7) is 6.68. The highest BCUT2D eigenvalue weighted by atomic mass is 32.2. The predicted octanol–water partition coefficient (Wildman–Crippen LogP) is 1.51. The molecule has 18 heavy (non-hydrogen) atoms. The van der Waals surface area contributed by atoms with Crippen LogP contribution in [0.3, 0.4) is 0 Å². The van der Waals surface area contributed by atoms with E-state index in [2.05, 4.69) is 4.72 Å². The quantitative estimate of drug-likeness (QED) is 0.901. The normalized spacial score (nSPS) is 18.4. The molecule has 1 N–H and O–H groups in total. The molecule has 0 spiro atoms. The van der Waals surface area contributed by atoms with Crippen LogP contribution in [0.5, 0.6) is 0 Å². The van der Waals surface area contributed by atoms with E-state index in [-0.39, 0.29) is 5.75 Å². The molecule has 1 aromatic rings. The third-order valence-corrected chi connectivity index (χ3v) is 4.40. The zero-order valence-electron chi connectivity index (χ0n) is 11.0. The van der Waals surface area contributed by atoms with E-state index in [9.17, 15) is 8.42 Å². The fraction of sp³-hybridized carbons (Fsp3) is 0.538. The highest BCUT2D eigenvalue weighted by Crippen LogP contribution is 2.19. The molecule has 0 aliphatic carbocycles. The Kier molecular flexibility index (Phi) is 3.49. The number of ether oxygens (including phenoxy) is 1. The van der Waals surface area contributed by atoms with Crippen LogP contribution in [0, 0.1) is 13.8 Å². The summed E-state index contributed by atoms with van der Waals surface area (Å²) in [7, 11) is -3.32. The Morgan fingerprint density at radius 3 is 2.22 bits per heavy atom. The Balaban J connectivity index is 2.12. The van der Waals surface area contributed by atoms with Gasteiger partial charge in [0.05, 0.1) is 24.5 Å². The third-order valence-electron chi connectivity index (χ3n) is 2.88. The van der Waals surface area contributed by atoms with Gasteiger partial charge in [-0.2, -0.15) is 0 Å². The molecule has 2 rings (SSSR count). The van der Waals surface area contributed by atoms with Gasteiger partial charge in [0, 0.05) is 0 Å². The second-order valence-corrected chi connectivity index (χ2v) is 7.13. The van der Waals surface area contributed by atoms with Crippen molar-refractivity contribution < 1.29 is 13.2 Å². The Bertz CT molecular complexity index is 527. The van der Waals surface area contributed by atoms with E-state index in [4.69, 9.17) is 4.74 Å². The Hall–Kier alpha value is -0.910. The summed E-state index contributed by atoms with van der Waals surface area (Å²) >= 11 is 0. The molecule has 4 nitrogen and oxygen atoms in total. The van der Waals surface area contributed by atoms with Gasteiger partial charge in [-0.1, -0.05) is 29.3 Å². The minimum atomic E-state index is -3.32. The molecule has 100 valence electrons. The van der Waals surface area contributed by atoms with E-state index >= 15 is 0 Å². The SMILES string of the molecule is Cc1cc(C)cc(CS(=O)(=O)NC2(C)COC2)c1. The molecule has 1 heterocycles. The Morgan fingerprint density at radius 2 is 1.78 bits per heavy atom. The van der Waals surface area contributed by atoms with Gasteiger partial charge < -0.3 is 4.74 Å². The second kappa shape index (κ2) is 4.64. The molecule has 0 aromatic heterocycles. The van der Waals surface area contributed by atoms with E-state index < -0.39 is 15.6 Å². The van der Waals surface area contributed by atoms with Crippen LogP contribution >= 0.6 is 0 Å². The summed E-state index contributed by atoms with van der Waals surface area (Å²) in [6, 6.07) is 5.85. The van der Waals surface area contributed by atoms with Crippen LogP contribution in [-0.2, 0) is 20.5 Å². The van der Waals surface area contributed by atoms with Gasteiger partial charge in [-0.05, 0) is 26.3 Å². The topological polar surface area (TPSA) is 55.4 Å². The molecule has 5 heteroatoms. The Morgan fingerprint density at radius 1 is 1.22 bits per heavy atom. The molecule has 0 unspecified atom stereocenters. The summed E-state index contributed by atoms with van der Waals surface area (Å²) in [5, 5.41) is 0. The van der Waals surface area contributed by atoms with Crippen molar-refractivity contribution in [1.29, 1.82) is 0 Å². The predicted molar refractivity (Wildman–Crippen MR) is 70.9 cm³/mol. The van der Waals surface area contributed by atoms with Gasteiger partial charge >= 0.3 is 0 Å². The lowest BCUT2D eigenvalue weighted by molar-refractivity contribution is -0.0523. The van der Waals surface area contributed by atoms with Gasteiger partial charge in [0.15, 0.2) is 0 Å². The number of hydrogen-bond acceptors (Lipinski definition) is 3. The van der Waals surface area contributed by atoms with E-state index in [0.717, 1.165) is 16.7 Å². The standard InChI is InChI=1S/C13H19NO3S/c1-10-4-11(2)6-12(5-10)7-18(15,16)14-13(3)8-17-9-13/h4-6,14H,7-9H2,1-3H3. The smallest absolute Gasteiger partial charge is 0.216 e. The lowest BCUT2D eigenvalue weighted by Gasteiger charge is -2.38. The maximum absolute atomic E-state index is 12.1. The molecule has 0 radical (unpaired) electrons. The molecule has 0 bridgehead atoms. The monoisotopic (exact) mass is 269 g/mol. The highest BCUT2D eigenvalue weighted by molar-refractivity contribution is 7.88. The van der Waals surface area contributed by atoms with Crippen LogP contribution in [0.1, 0.15) is 23.6 Å². The zero-order chi connectivity index (χ0) is 13.4. The van der Waals surface area contributed by atoms with Crippen molar-refractivity contribution in [1.82, 2.24) is 4.72 Å². The number of nitrogens with one attached hydrogen (secondary N) is 1.